The summed E-state index contributed by atoms with van der Waals surface area (Å²) in [5.74, 6) is 0. The number of piperidine rings is 1. The number of halogens is 1. The molecule has 178 valence electrons. The van der Waals surface area contributed by atoms with Crippen molar-refractivity contribution in [3.8, 4) is 11.1 Å². The van der Waals surface area contributed by atoms with Crippen molar-refractivity contribution in [2.24, 2.45) is 0 Å². The number of pyridine rings is 1. The Morgan fingerprint density at radius 3 is 2.61 bits per heavy atom. The lowest BCUT2D eigenvalue weighted by Crippen LogP contribution is -2.48. The number of hydrogen-bond acceptors (Lipinski definition) is 5. The quantitative estimate of drug-likeness (QED) is 0.560. The predicted molar refractivity (Wildman–Crippen MR) is 139 cm³/mol. The van der Waals surface area contributed by atoms with Crippen LogP contribution in [0.5, 0.6) is 0 Å². The largest absolute Gasteiger partial charge is 0.370 e. The highest BCUT2D eigenvalue weighted by Gasteiger charge is 2.26. The normalized spacial score (nSPS) is 18.4. The van der Waals surface area contributed by atoms with E-state index in [1.807, 2.05) is 48.6 Å². The van der Waals surface area contributed by atoms with Gasteiger partial charge in [0.25, 0.3) is 0 Å². The van der Waals surface area contributed by atoms with Crippen molar-refractivity contribution in [3.63, 3.8) is 0 Å². The number of carbonyl (C=O) groups is 1. The standard InChI is InChI=1S/C25H34ClN5OS/c1-17-22(18(2)28-25(32)29(3)20-8-12-31(33)13-9-20)6-7-23(24(17)26)19-14-21(16-27-15-19)30-10-4-5-11-30/h6-7,14-16,18,20,33H,4-5,8-13H2,1-3H3,(H,28,32). The van der Waals surface area contributed by atoms with Crippen LogP contribution in [0.1, 0.15) is 49.8 Å². The van der Waals surface area contributed by atoms with Gasteiger partial charge in [0.15, 0.2) is 0 Å². The lowest BCUT2D eigenvalue weighted by molar-refractivity contribution is 0.163. The fourth-order valence-electron chi connectivity index (χ4n) is 4.89. The van der Waals surface area contributed by atoms with E-state index < -0.39 is 0 Å². The van der Waals surface area contributed by atoms with Crippen LogP contribution in [0.2, 0.25) is 5.02 Å². The third-order valence-electron chi connectivity index (χ3n) is 7.05. The molecule has 2 aromatic rings. The van der Waals surface area contributed by atoms with E-state index in [9.17, 15) is 4.79 Å². The third kappa shape index (κ3) is 5.42. The molecule has 1 N–H and O–H groups in total. The Morgan fingerprint density at radius 2 is 1.91 bits per heavy atom. The van der Waals surface area contributed by atoms with Gasteiger partial charge < -0.3 is 15.1 Å². The fraction of sp³-hybridized carbons (Fsp3) is 0.520. The van der Waals surface area contributed by atoms with Crippen molar-refractivity contribution in [1.82, 2.24) is 19.5 Å². The highest BCUT2D eigenvalue weighted by molar-refractivity contribution is 7.77. The smallest absolute Gasteiger partial charge is 0.317 e. The first-order valence-corrected chi connectivity index (χ1v) is 12.6. The second kappa shape index (κ2) is 10.5. The molecule has 0 spiro atoms. The minimum absolute atomic E-state index is 0.0535. The van der Waals surface area contributed by atoms with Crippen LogP contribution < -0.4 is 10.2 Å². The number of thiol groups is 1. The first-order valence-electron chi connectivity index (χ1n) is 11.8. The summed E-state index contributed by atoms with van der Waals surface area (Å²) in [4.78, 5) is 21.6. The van der Waals surface area contributed by atoms with E-state index in [-0.39, 0.29) is 18.1 Å². The summed E-state index contributed by atoms with van der Waals surface area (Å²) in [5, 5.41) is 3.87. The molecule has 6 nitrogen and oxygen atoms in total. The summed E-state index contributed by atoms with van der Waals surface area (Å²) in [7, 11) is 1.88. The molecule has 2 aliphatic heterocycles. The second-order valence-electron chi connectivity index (χ2n) is 9.23. The van der Waals surface area contributed by atoms with E-state index in [1.165, 1.54) is 12.8 Å². The van der Waals surface area contributed by atoms with Gasteiger partial charge in [0, 0.05) is 56.6 Å². The predicted octanol–water partition coefficient (Wildman–Crippen LogP) is 5.32. The lowest BCUT2D eigenvalue weighted by atomic mass is 9.96. The van der Waals surface area contributed by atoms with E-state index >= 15 is 0 Å². The number of carbonyl (C=O) groups excluding carboxylic acids is 1. The molecule has 2 amide bonds. The molecule has 0 saturated carbocycles. The summed E-state index contributed by atoms with van der Waals surface area (Å²) in [6.07, 6.45) is 8.13. The van der Waals surface area contributed by atoms with Crippen LogP contribution >= 0.6 is 24.4 Å². The van der Waals surface area contributed by atoms with Gasteiger partial charge in [-0.3, -0.25) is 9.29 Å². The number of urea groups is 1. The van der Waals surface area contributed by atoms with E-state index in [0.717, 1.165) is 67.0 Å². The van der Waals surface area contributed by atoms with Gasteiger partial charge in [-0.15, -0.1) is 0 Å². The topological polar surface area (TPSA) is 51.7 Å². The van der Waals surface area contributed by atoms with Gasteiger partial charge in [0.05, 0.1) is 22.9 Å². The van der Waals surface area contributed by atoms with Crippen molar-refractivity contribution in [2.75, 3.05) is 38.1 Å². The molecule has 1 unspecified atom stereocenters. The Bertz CT molecular complexity index is 989. The lowest BCUT2D eigenvalue weighted by Gasteiger charge is -2.35. The summed E-state index contributed by atoms with van der Waals surface area (Å²) < 4.78 is 2.01. The number of rotatable bonds is 5. The first-order chi connectivity index (χ1) is 15.8. The van der Waals surface area contributed by atoms with Crippen LogP contribution in [0.25, 0.3) is 11.1 Å². The molecule has 0 bridgehead atoms. The molecule has 8 heteroatoms. The van der Waals surface area contributed by atoms with E-state index in [0.29, 0.717) is 5.02 Å². The molecule has 2 saturated heterocycles. The number of benzene rings is 1. The molecule has 33 heavy (non-hydrogen) atoms. The Morgan fingerprint density at radius 1 is 1.21 bits per heavy atom. The Labute approximate surface area is 207 Å². The van der Waals surface area contributed by atoms with Crippen molar-refractivity contribution in [2.45, 2.75) is 51.6 Å². The minimum Gasteiger partial charge on any atom is -0.370 e. The van der Waals surface area contributed by atoms with Crippen LogP contribution in [0, 0.1) is 6.92 Å². The first kappa shape index (κ1) is 24.2. The molecular weight excluding hydrogens is 454 g/mol. The van der Waals surface area contributed by atoms with Crippen LogP contribution in [0.3, 0.4) is 0 Å². The molecule has 4 rings (SSSR count). The van der Waals surface area contributed by atoms with Crippen LogP contribution in [0.4, 0.5) is 10.5 Å². The minimum atomic E-state index is -0.148. The average molecular weight is 488 g/mol. The zero-order chi connectivity index (χ0) is 23.5. The van der Waals surface area contributed by atoms with Crippen molar-refractivity contribution in [1.29, 1.82) is 0 Å². The second-order valence-corrected chi connectivity index (χ2v) is 10.2. The molecular formula is C25H34ClN5OS. The fourth-order valence-corrected chi connectivity index (χ4v) is 5.40. The van der Waals surface area contributed by atoms with E-state index in [1.54, 1.807) is 0 Å². The number of amides is 2. The summed E-state index contributed by atoms with van der Waals surface area (Å²) in [6, 6.07) is 6.33. The molecule has 2 fully saturated rings. The maximum Gasteiger partial charge on any atom is 0.317 e. The summed E-state index contributed by atoms with van der Waals surface area (Å²) in [6.45, 7) is 7.98. The molecule has 3 heterocycles. The number of nitrogens with zero attached hydrogens (tertiary/aromatic N) is 4. The van der Waals surface area contributed by atoms with Crippen LogP contribution in [0.15, 0.2) is 30.6 Å². The molecule has 1 aromatic carbocycles. The SMILES string of the molecule is Cc1c(C(C)NC(=O)N(C)C2CCN(S)CC2)ccc(-c2cncc(N3CCCC3)c2)c1Cl. The highest BCUT2D eigenvalue weighted by atomic mass is 35.5. The summed E-state index contributed by atoms with van der Waals surface area (Å²) >= 11 is 11.3. The molecule has 1 atom stereocenters. The van der Waals surface area contributed by atoms with Gasteiger partial charge in [0.1, 0.15) is 0 Å². The molecule has 0 aliphatic carbocycles. The maximum absolute atomic E-state index is 12.9. The number of nitrogens with one attached hydrogen (secondary N) is 1. The van der Waals surface area contributed by atoms with Gasteiger partial charge >= 0.3 is 6.03 Å². The number of hydrogen-bond donors (Lipinski definition) is 2. The molecule has 1 aromatic heterocycles. The average Bonchev–Trinajstić information content (AvgIpc) is 3.36. The van der Waals surface area contributed by atoms with Crippen molar-refractivity contribution in [3.05, 3.63) is 46.7 Å². The Kier molecular flexibility index (Phi) is 7.72. The van der Waals surface area contributed by atoms with Crippen LogP contribution in [-0.2, 0) is 0 Å². The third-order valence-corrected chi connectivity index (χ3v) is 7.94. The Balaban J connectivity index is 1.48. The van der Waals surface area contributed by atoms with Crippen molar-refractivity contribution >= 4 is 36.1 Å². The van der Waals surface area contributed by atoms with Gasteiger partial charge in [-0.25, -0.2) is 4.79 Å². The molecule has 0 radical (unpaired) electrons. The van der Waals surface area contributed by atoms with E-state index in [4.69, 9.17) is 11.6 Å². The van der Waals surface area contributed by atoms with Gasteiger partial charge in [-0.05, 0) is 56.7 Å². The monoisotopic (exact) mass is 487 g/mol. The number of aromatic nitrogens is 1. The maximum atomic E-state index is 12.9. The van der Waals surface area contributed by atoms with Gasteiger partial charge in [-0.1, -0.05) is 36.5 Å². The highest BCUT2D eigenvalue weighted by Crippen LogP contribution is 2.36. The Hall–Kier alpha value is -1.96. The summed E-state index contributed by atoms with van der Waals surface area (Å²) in [5.41, 5.74) is 5.15. The van der Waals surface area contributed by atoms with Crippen molar-refractivity contribution < 1.29 is 4.79 Å². The zero-order valence-corrected chi connectivity index (χ0v) is 21.4. The zero-order valence-electron chi connectivity index (χ0n) is 19.7. The van der Waals surface area contributed by atoms with Crippen LogP contribution in [-0.4, -0.2) is 59.5 Å². The number of anilines is 1. The van der Waals surface area contributed by atoms with Gasteiger partial charge in [-0.2, -0.15) is 0 Å². The van der Waals surface area contributed by atoms with Gasteiger partial charge in [0.2, 0.25) is 0 Å². The van der Waals surface area contributed by atoms with E-state index in [2.05, 4.69) is 40.1 Å². The molecule has 2 aliphatic rings.